The summed E-state index contributed by atoms with van der Waals surface area (Å²) in [5, 5.41) is 31.7. The first-order valence-electron chi connectivity index (χ1n) is 10.1. The Balaban J connectivity index is 1.32. The molecule has 0 bridgehead atoms. The molecule has 2 atom stereocenters. The van der Waals surface area contributed by atoms with E-state index in [1.807, 2.05) is 48.5 Å². The third-order valence-corrected chi connectivity index (χ3v) is 5.51. The number of nitrogens with one attached hydrogen (secondary N) is 1. The number of pyridine rings is 1. The van der Waals surface area contributed by atoms with E-state index in [1.165, 1.54) is 18.3 Å². The molecule has 0 fully saturated rings. The highest BCUT2D eigenvalue weighted by Crippen LogP contribution is 2.44. The lowest BCUT2D eigenvalue weighted by atomic mass is 9.98. The van der Waals surface area contributed by atoms with Gasteiger partial charge in [0.1, 0.15) is 24.5 Å². The first kappa shape index (κ1) is 21.5. The van der Waals surface area contributed by atoms with E-state index in [4.69, 9.17) is 9.84 Å². The van der Waals surface area contributed by atoms with Crippen molar-refractivity contribution in [3.05, 3.63) is 89.2 Å². The Hall–Kier alpha value is -3.75. The molecule has 164 valence electrons. The van der Waals surface area contributed by atoms with Crippen LogP contribution in [0.1, 0.15) is 39.2 Å². The van der Waals surface area contributed by atoms with E-state index in [1.54, 1.807) is 0 Å². The Morgan fingerprint density at radius 1 is 0.969 bits per heavy atom. The van der Waals surface area contributed by atoms with Gasteiger partial charge >= 0.3 is 12.1 Å². The highest BCUT2D eigenvalue weighted by Gasteiger charge is 2.29. The minimum Gasteiger partial charge on any atom is -0.477 e. The van der Waals surface area contributed by atoms with Gasteiger partial charge in [0.2, 0.25) is 0 Å². The first-order valence-corrected chi connectivity index (χ1v) is 10.1. The molecular formula is C24H22N2O6. The summed E-state index contributed by atoms with van der Waals surface area (Å²) < 4.78 is 5.40. The van der Waals surface area contributed by atoms with E-state index in [2.05, 4.69) is 10.3 Å². The number of alkyl carbamates (subject to hydrolysis) is 1. The Morgan fingerprint density at radius 3 is 2.16 bits per heavy atom. The predicted octanol–water partition coefficient (Wildman–Crippen LogP) is 2.71. The summed E-state index contributed by atoms with van der Waals surface area (Å²) >= 11 is 0. The van der Waals surface area contributed by atoms with Crippen LogP contribution >= 0.6 is 0 Å². The molecule has 1 aliphatic carbocycles. The molecule has 0 saturated heterocycles. The fourth-order valence-corrected chi connectivity index (χ4v) is 3.88. The van der Waals surface area contributed by atoms with Gasteiger partial charge in [-0.2, -0.15) is 0 Å². The third kappa shape index (κ3) is 4.32. The number of hydrogen-bond donors (Lipinski definition) is 4. The number of aromatic nitrogens is 1. The number of carboxylic acids is 1. The van der Waals surface area contributed by atoms with Crippen molar-refractivity contribution in [2.24, 2.45) is 0 Å². The quantitative estimate of drug-likeness (QED) is 0.450. The minimum atomic E-state index is -1.35. The van der Waals surface area contributed by atoms with E-state index >= 15 is 0 Å². The largest absolute Gasteiger partial charge is 0.477 e. The zero-order valence-electron chi connectivity index (χ0n) is 17.0. The highest BCUT2D eigenvalue weighted by atomic mass is 16.5. The number of benzene rings is 2. The van der Waals surface area contributed by atoms with E-state index in [0.717, 1.165) is 22.3 Å². The lowest BCUT2D eigenvalue weighted by Gasteiger charge is -2.19. The SMILES string of the molecule is O=C(NCC(O)C(O)c1ccc(C(=O)O)nc1)OCC1c2ccccc2-c2ccccc21. The Morgan fingerprint density at radius 2 is 1.59 bits per heavy atom. The second-order valence-corrected chi connectivity index (χ2v) is 7.50. The zero-order chi connectivity index (χ0) is 22.7. The number of carbonyl (C=O) groups is 2. The van der Waals surface area contributed by atoms with Gasteiger partial charge < -0.3 is 25.4 Å². The van der Waals surface area contributed by atoms with Crippen LogP contribution in [0, 0.1) is 0 Å². The Labute approximate surface area is 184 Å². The number of hydrogen-bond acceptors (Lipinski definition) is 6. The maximum Gasteiger partial charge on any atom is 0.407 e. The third-order valence-electron chi connectivity index (χ3n) is 5.51. The highest BCUT2D eigenvalue weighted by molar-refractivity contribution is 5.85. The number of amides is 1. The number of ether oxygens (including phenoxy) is 1. The van der Waals surface area contributed by atoms with Gasteiger partial charge in [0.15, 0.2) is 0 Å². The molecule has 3 aromatic rings. The van der Waals surface area contributed by atoms with Crippen LogP contribution in [0.15, 0.2) is 66.9 Å². The van der Waals surface area contributed by atoms with Crippen LogP contribution in [-0.4, -0.2) is 51.6 Å². The van der Waals surface area contributed by atoms with Crippen molar-refractivity contribution < 1.29 is 29.6 Å². The van der Waals surface area contributed by atoms with Gasteiger partial charge in [-0.3, -0.25) is 0 Å². The van der Waals surface area contributed by atoms with Gasteiger partial charge in [-0.25, -0.2) is 14.6 Å². The monoisotopic (exact) mass is 434 g/mol. The number of rotatable bonds is 7. The number of carbonyl (C=O) groups excluding carboxylic acids is 1. The van der Waals surface area contributed by atoms with Crippen molar-refractivity contribution in [2.75, 3.05) is 13.2 Å². The van der Waals surface area contributed by atoms with Crippen molar-refractivity contribution in [3.8, 4) is 11.1 Å². The molecule has 8 heteroatoms. The lowest BCUT2D eigenvalue weighted by Crippen LogP contribution is -2.36. The molecular weight excluding hydrogens is 412 g/mol. The molecule has 1 aromatic heterocycles. The summed E-state index contributed by atoms with van der Waals surface area (Å²) in [6.45, 7) is -0.113. The summed E-state index contributed by atoms with van der Waals surface area (Å²) in [6, 6.07) is 18.6. The van der Waals surface area contributed by atoms with Crippen LogP contribution in [0.5, 0.6) is 0 Å². The number of aliphatic hydroxyl groups is 2. The van der Waals surface area contributed by atoms with Crippen molar-refractivity contribution in [1.82, 2.24) is 10.3 Å². The van der Waals surface area contributed by atoms with Crippen molar-refractivity contribution in [1.29, 1.82) is 0 Å². The maximum atomic E-state index is 12.2. The van der Waals surface area contributed by atoms with Crippen molar-refractivity contribution in [2.45, 2.75) is 18.1 Å². The summed E-state index contributed by atoms with van der Waals surface area (Å²) in [5.41, 5.74) is 4.49. The number of aromatic carboxylic acids is 1. The van der Waals surface area contributed by atoms with Gasteiger partial charge in [0, 0.05) is 24.2 Å². The number of fused-ring (bicyclic) bond motifs is 3. The molecule has 4 N–H and O–H groups in total. The summed E-state index contributed by atoms with van der Waals surface area (Å²) in [7, 11) is 0. The molecule has 1 aliphatic rings. The van der Waals surface area contributed by atoms with Gasteiger partial charge in [-0.05, 0) is 28.3 Å². The first-order chi connectivity index (χ1) is 15.5. The van der Waals surface area contributed by atoms with E-state index in [-0.39, 0.29) is 30.3 Å². The molecule has 0 radical (unpaired) electrons. The zero-order valence-corrected chi connectivity index (χ0v) is 17.0. The van der Waals surface area contributed by atoms with E-state index in [9.17, 15) is 19.8 Å². The van der Waals surface area contributed by atoms with Gasteiger partial charge in [0.05, 0.1) is 0 Å². The molecule has 4 rings (SSSR count). The van der Waals surface area contributed by atoms with Crippen LogP contribution in [0.2, 0.25) is 0 Å². The van der Waals surface area contributed by atoms with Crippen LogP contribution in [0.25, 0.3) is 11.1 Å². The average molecular weight is 434 g/mol. The number of carboxylic acid groups (broad SMARTS) is 1. The standard InChI is InChI=1S/C24H22N2O6/c27-21(22(28)14-9-10-20(23(29)30)25-11-14)12-26-24(31)32-13-19-17-7-3-1-5-15(17)16-6-2-4-8-18(16)19/h1-11,19,21-22,27-28H,12-13H2,(H,26,31)(H,29,30). The molecule has 8 nitrogen and oxygen atoms in total. The molecule has 32 heavy (non-hydrogen) atoms. The van der Waals surface area contributed by atoms with Crippen LogP contribution in [-0.2, 0) is 4.74 Å². The van der Waals surface area contributed by atoms with Crippen molar-refractivity contribution in [3.63, 3.8) is 0 Å². The Bertz CT molecular complexity index is 1090. The number of nitrogens with zero attached hydrogens (tertiary/aromatic N) is 1. The second kappa shape index (κ2) is 9.17. The summed E-state index contributed by atoms with van der Waals surface area (Å²) in [4.78, 5) is 26.8. The van der Waals surface area contributed by atoms with Crippen molar-refractivity contribution >= 4 is 12.1 Å². The fourth-order valence-electron chi connectivity index (χ4n) is 3.88. The molecule has 1 amide bonds. The molecule has 2 unspecified atom stereocenters. The molecule has 0 saturated carbocycles. The van der Waals surface area contributed by atoms with E-state index in [0.29, 0.717) is 0 Å². The smallest absolute Gasteiger partial charge is 0.407 e. The Kier molecular flexibility index (Phi) is 6.16. The maximum absolute atomic E-state index is 12.2. The van der Waals surface area contributed by atoms with Gasteiger partial charge in [-0.15, -0.1) is 0 Å². The van der Waals surface area contributed by atoms with Crippen LogP contribution < -0.4 is 5.32 Å². The topological polar surface area (TPSA) is 129 Å². The lowest BCUT2D eigenvalue weighted by molar-refractivity contribution is 0.0183. The average Bonchev–Trinajstić information content (AvgIpc) is 3.14. The second-order valence-electron chi connectivity index (χ2n) is 7.50. The molecule has 0 spiro atoms. The molecule has 1 heterocycles. The van der Waals surface area contributed by atoms with Gasteiger partial charge in [0.25, 0.3) is 0 Å². The molecule has 0 aliphatic heterocycles. The molecule has 2 aromatic carbocycles. The normalized spacial score (nSPS) is 14.2. The van der Waals surface area contributed by atoms with E-state index < -0.39 is 24.3 Å². The summed E-state index contributed by atoms with van der Waals surface area (Å²) in [6.07, 6.45) is -2.21. The minimum absolute atomic E-state index is 0.0810. The van der Waals surface area contributed by atoms with Crippen LogP contribution in [0.3, 0.4) is 0 Å². The van der Waals surface area contributed by atoms with Crippen LogP contribution in [0.4, 0.5) is 4.79 Å². The number of aliphatic hydroxyl groups excluding tert-OH is 2. The predicted molar refractivity (Wildman–Crippen MR) is 115 cm³/mol. The van der Waals surface area contributed by atoms with Gasteiger partial charge in [-0.1, -0.05) is 54.6 Å². The summed E-state index contributed by atoms with van der Waals surface area (Å²) in [5.74, 6) is -1.27. The fraction of sp³-hybridized carbons (Fsp3) is 0.208.